The van der Waals surface area contributed by atoms with Gasteiger partial charge in [-0.25, -0.2) is 0 Å². The fourth-order valence-electron chi connectivity index (χ4n) is 3.04. The second kappa shape index (κ2) is 7.62. The number of hydrogen-bond acceptors (Lipinski definition) is 3. The van der Waals surface area contributed by atoms with Crippen LogP contribution in [0.3, 0.4) is 0 Å². The molecular weight excluding hydrogens is 274 g/mol. The maximum atomic E-state index is 12.2. The number of piperidine rings is 1. The van der Waals surface area contributed by atoms with Gasteiger partial charge in [0.1, 0.15) is 0 Å². The number of rotatable bonds is 2. The van der Waals surface area contributed by atoms with Gasteiger partial charge < -0.3 is 10.2 Å². The number of halogens is 1. The Kier molecular flexibility index (Phi) is 6.76. The zero-order valence-corrected chi connectivity index (χ0v) is 14.0. The van der Waals surface area contributed by atoms with Crippen LogP contribution in [0.15, 0.2) is 0 Å². The van der Waals surface area contributed by atoms with Crippen molar-refractivity contribution in [3.8, 4) is 0 Å². The summed E-state index contributed by atoms with van der Waals surface area (Å²) in [4.78, 5) is 16.8. The maximum absolute atomic E-state index is 12.2. The Morgan fingerprint density at radius 2 is 1.65 bits per heavy atom. The monoisotopic (exact) mass is 303 g/mol. The third-order valence-electron chi connectivity index (χ3n) is 4.28. The van der Waals surface area contributed by atoms with Crippen LogP contribution in [0.4, 0.5) is 0 Å². The van der Waals surface area contributed by atoms with Gasteiger partial charge >= 0.3 is 0 Å². The summed E-state index contributed by atoms with van der Waals surface area (Å²) in [6.07, 6.45) is 2.61. The van der Waals surface area contributed by atoms with Crippen molar-refractivity contribution in [2.75, 3.05) is 45.8 Å². The van der Waals surface area contributed by atoms with E-state index >= 15 is 0 Å². The first-order chi connectivity index (χ1) is 8.97. The molecule has 0 aromatic heterocycles. The van der Waals surface area contributed by atoms with Crippen LogP contribution in [0.1, 0.15) is 33.6 Å². The van der Waals surface area contributed by atoms with Gasteiger partial charge in [0.2, 0.25) is 5.91 Å². The normalized spacial score (nSPS) is 22.4. The maximum Gasteiger partial charge on any atom is 0.228 e. The molecule has 0 aromatic carbocycles. The van der Waals surface area contributed by atoms with Gasteiger partial charge in [-0.2, -0.15) is 0 Å². The fourth-order valence-corrected chi connectivity index (χ4v) is 3.04. The average molecular weight is 304 g/mol. The quantitative estimate of drug-likeness (QED) is 0.842. The predicted octanol–water partition coefficient (Wildman–Crippen LogP) is 1.60. The topological polar surface area (TPSA) is 35.6 Å². The second-order valence-electron chi connectivity index (χ2n) is 7.04. The van der Waals surface area contributed by atoms with Gasteiger partial charge in [-0.3, -0.25) is 9.69 Å². The highest BCUT2D eigenvalue weighted by Crippen LogP contribution is 2.20. The van der Waals surface area contributed by atoms with E-state index in [9.17, 15) is 4.79 Å². The minimum atomic E-state index is -0.239. The molecule has 0 atom stereocenters. The van der Waals surface area contributed by atoms with Crippen molar-refractivity contribution in [3.63, 3.8) is 0 Å². The van der Waals surface area contributed by atoms with Gasteiger partial charge in [0.25, 0.3) is 0 Å². The first-order valence-corrected chi connectivity index (χ1v) is 7.69. The Morgan fingerprint density at radius 3 is 2.15 bits per heavy atom. The van der Waals surface area contributed by atoms with Gasteiger partial charge in [0, 0.05) is 38.1 Å². The van der Waals surface area contributed by atoms with Crippen molar-refractivity contribution in [1.29, 1.82) is 0 Å². The third kappa shape index (κ3) is 4.90. The van der Waals surface area contributed by atoms with Crippen LogP contribution in [0.25, 0.3) is 0 Å². The highest BCUT2D eigenvalue weighted by atomic mass is 35.5. The minimum absolute atomic E-state index is 0. The van der Waals surface area contributed by atoms with Crippen LogP contribution in [-0.4, -0.2) is 61.5 Å². The molecule has 0 bridgehead atoms. The predicted molar refractivity (Wildman–Crippen MR) is 85.3 cm³/mol. The van der Waals surface area contributed by atoms with Gasteiger partial charge in [-0.15, -0.1) is 12.4 Å². The molecule has 0 radical (unpaired) electrons. The van der Waals surface area contributed by atoms with E-state index in [-0.39, 0.29) is 17.8 Å². The van der Waals surface area contributed by atoms with Crippen molar-refractivity contribution in [1.82, 2.24) is 15.1 Å². The van der Waals surface area contributed by atoms with Gasteiger partial charge in [-0.1, -0.05) is 20.8 Å². The minimum Gasteiger partial charge on any atom is -0.340 e. The molecule has 118 valence electrons. The van der Waals surface area contributed by atoms with Crippen LogP contribution in [0.2, 0.25) is 0 Å². The number of hydrogen-bond donors (Lipinski definition) is 1. The molecular formula is C15H30ClN3O. The summed E-state index contributed by atoms with van der Waals surface area (Å²) in [5.74, 6) is 1.15. The molecule has 2 aliphatic rings. The Balaban J connectivity index is 0.00000200. The van der Waals surface area contributed by atoms with Crippen LogP contribution in [0, 0.1) is 11.3 Å². The molecule has 0 unspecified atom stereocenters. The van der Waals surface area contributed by atoms with Crippen molar-refractivity contribution < 1.29 is 4.79 Å². The summed E-state index contributed by atoms with van der Waals surface area (Å²) in [6, 6.07) is 0. The molecule has 2 aliphatic heterocycles. The van der Waals surface area contributed by atoms with Crippen molar-refractivity contribution >= 4 is 18.3 Å². The van der Waals surface area contributed by atoms with E-state index in [4.69, 9.17) is 0 Å². The molecule has 0 spiro atoms. The summed E-state index contributed by atoms with van der Waals surface area (Å²) < 4.78 is 0. The highest BCUT2D eigenvalue weighted by molar-refractivity contribution is 5.85. The van der Waals surface area contributed by atoms with E-state index in [0.717, 1.165) is 32.1 Å². The van der Waals surface area contributed by atoms with E-state index < -0.39 is 0 Å². The Bertz CT molecular complexity index is 303. The molecule has 1 N–H and O–H groups in total. The molecule has 0 saturated carbocycles. The van der Waals surface area contributed by atoms with Crippen LogP contribution in [-0.2, 0) is 4.79 Å². The Labute approximate surface area is 129 Å². The highest BCUT2D eigenvalue weighted by Gasteiger charge is 2.30. The zero-order valence-electron chi connectivity index (χ0n) is 13.2. The molecule has 2 saturated heterocycles. The van der Waals surface area contributed by atoms with Crippen LogP contribution < -0.4 is 5.32 Å². The first kappa shape index (κ1) is 17.7. The van der Waals surface area contributed by atoms with Crippen molar-refractivity contribution in [3.05, 3.63) is 0 Å². The largest absolute Gasteiger partial charge is 0.340 e. The van der Waals surface area contributed by atoms with Crippen LogP contribution in [0.5, 0.6) is 0 Å². The number of nitrogens with zero attached hydrogens (tertiary/aromatic N) is 2. The third-order valence-corrected chi connectivity index (χ3v) is 4.28. The lowest BCUT2D eigenvalue weighted by molar-refractivity contribution is -0.141. The molecule has 5 heteroatoms. The molecule has 0 aromatic rings. The number of carbonyl (C=O) groups excluding carboxylic acids is 1. The zero-order chi connectivity index (χ0) is 13.9. The lowest BCUT2D eigenvalue weighted by Gasteiger charge is -2.39. The summed E-state index contributed by atoms with van der Waals surface area (Å²) in [5.41, 5.74) is -0.239. The Hall–Kier alpha value is -0.320. The average Bonchev–Trinajstić information content (AvgIpc) is 2.39. The number of amides is 1. The molecule has 2 rings (SSSR count). The number of piperazine rings is 1. The molecule has 4 nitrogen and oxygen atoms in total. The van der Waals surface area contributed by atoms with Crippen molar-refractivity contribution in [2.45, 2.75) is 33.6 Å². The van der Waals surface area contributed by atoms with E-state index in [1.165, 1.54) is 32.5 Å². The smallest absolute Gasteiger partial charge is 0.228 e. The van der Waals surface area contributed by atoms with E-state index in [0.29, 0.717) is 5.91 Å². The number of nitrogens with one attached hydrogen (secondary N) is 1. The van der Waals surface area contributed by atoms with Crippen LogP contribution >= 0.6 is 12.4 Å². The standard InChI is InChI=1S/C15H29N3O.ClH/c1-15(2,3)14(19)18-10-8-17(9-11-18)12-13-4-6-16-7-5-13;/h13,16H,4-12H2,1-3H3;1H. The number of carbonyl (C=O) groups is 1. The summed E-state index contributed by atoms with van der Waals surface area (Å²) >= 11 is 0. The molecule has 2 heterocycles. The van der Waals surface area contributed by atoms with E-state index in [1.54, 1.807) is 0 Å². The Morgan fingerprint density at radius 1 is 1.10 bits per heavy atom. The molecule has 2 fully saturated rings. The van der Waals surface area contributed by atoms with E-state index in [1.807, 2.05) is 25.7 Å². The molecule has 20 heavy (non-hydrogen) atoms. The van der Waals surface area contributed by atoms with Gasteiger partial charge in [0.05, 0.1) is 0 Å². The lowest BCUT2D eigenvalue weighted by atomic mass is 9.94. The van der Waals surface area contributed by atoms with Gasteiger partial charge in [-0.05, 0) is 31.8 Å². The summed E-state index contributed by atoms with van der Waals surface area (Å²) in [5, 5.41) is 3.42. The fraction of sp³-hybridized carbons (Fsp3) is 0.933. The van der Waals surface area contributed by atoms with Gasteiger partial charge in [0.15, 0.2) is 0 Å². The van der Waals surface area contributed by atoms with E-state index in [2.05, 4.69) is 10.2 Å². The summed E-state index contributed by atoms with van der Waals surface area (Å²) in [7, 11) is 0. The lowest BCUT2D eigenvalue weighted by Crippen LogP contribution is -2.52. The van der Waals surface area contributed by atoms with Crippen molar-refractivity contribution in [2.24, 2.45) is 11.3 Å². The summed E-state index contributed by atoms with van der Waals surface area (Å²) in [6.45, 7) is 13.5. The SMILES string of the molecule is CC(C)(C)C(=O)N1CCN(CC2CCNCC2)CC1.Cl. The second-order valence-corrected chi connectivity index (χ2v) is 7.04. The molecule has 0 aliphatic carbocycles. The first-order valence-electron chi connectivity index (χ1n) is 7.69. The molecule has 1 amide bonds.